The Morgan fingerprint density at radius 2 is 1.90 bits per heavy atom. The van der Waals surface area contributed by atoms with Gasteiger partial charge in [-0.15, -0.1) is 11.3 Å². The first-order valence-electron chi connectivity index (χ1n) is 12.6. The summed E-state index contributed by atoms with van der Waals surface area (Å²) in [6, 6.07) is 16.6. The highest BCUT2D eigenvalue weighted by Crippen LogP contribution is 2.42. The summed E-state index contributed by atoms with van der Waals surface area (Å²) in [6.07, 6.45) is 0.670. The molecule has 1 fully saturated rings. The first-order valence-corrected chi connectivity index (χ1v) is 14.8. The maximum absolute atomic E-state index is 13.9. The number of hydrogen-bond donors (Lipinski definition) is 0. The highest BCUT2D eigenvalue weighted by atomic mass is 32.2. The van der Waals surface area contributed by atoms with E-state index in [9.17, 15) is 8.42 Å². The molecule has 1 aromatic heterocycles. The van der Waals surface area contributed by atoms with Crippen LogP contribution in [-0.2, 0) is 21.3 Å². The van der Waals surface area contributed by atoms with Crippen molar-refractivity contribution >= 4 is 31.6 Å². The Bertz CT molecular complexity index is 1580. The summed E-state index contributed by atoms with van der Waals surface area (Å²) in [7, 11) is -1.02. The molecule has 6 rings (SSSR count). The number of sulfonamides is 1. The topological polar surface area (TPSA) is 96.4 Å². The SMILES string of the molecule is COc1ccc(OC)c(S(=O)(=O)N2CCOc3c(cc(-c4nc5ccccc5s4)cc3OC3CCOC3)C2)c1. The van der Waals surface area contributed by atoms with Crippen molar-refractivity contribution in [3.05, 3.63) is 60.2 Å². The number of fused-ring (bicyclic) bond motifs is 2. The van der Waals surface area contributed by atoms with Crippen LogP contribution < -0.4 is 18.9 Å². The van der Waals surface area contributed by atoms with Crippen LogP contribution in [0, 0.1) is 0 Å². The summed E-state index contributed by atoms with van der Waals surface area (Å²) >= 11 is 1.58. The number of nitrogens with zero attached hydrogens (tertiary/aromatic N) is 2. The summed E-state index contributed by atoms with van der Waals surface area (Å²) in [5, 5.41) is 0.819. The van der Waals surface area contributed by atoms with Crippen molar-refractivity contribution < 1.29 is 32.1 Å². The maximum Gasteiger partial charge on any atom is 0.247 e. The van der Waals surface area contributed by atoms with Crippen molar-refractivity contribution in [2.45, 2.75) is 24.0 Å². The van der Waals surface area contributed by atoms with Crippen LogP contribution in [-0.4, -0.2) is 64.4 Å². The normalized spacial score (nSPS) is 17.8. The number of rotatable bonds is 7. The Morgan fingerprint density at radius 3 is 2.67 bits per heavy atom. The van der Waals surface area contributed by atoms with Crippen molar-refractivity contribution in [2.24, 2.45) is 0 Å². The summed E-state index contributed by atoms with van der Waals surface area (Å²) < 4.78 is 59.0. The average Bonchev–Trinajstić information content (AvgIpc) is 3.57. The fourth-order valence-electron chi connectivity index (χ4n) is 4.78. The molecular formula is C28H28N2O7S2. The van der Waals surface area contributed by atoms with E-state index in [1.807, 2.05) is 36.4 Å². The minimum Gasteiger partial charge on any atom is -0.497 e. The number of ether oxygens (including phenoxy) is 5. The molecule has 204 valence electrons. The molecule has 0 aliphatic carbocycles. The molecule has 1 saturated heterocycles. The van der Waals surface area contributed by atoms with E-state index in [1.54, 1.807) is 23.5 Å². The Hall–Kier alpha value is -3.38. The molecule has 1 unspecified atom stereocenters. The van der Waals surface area contributed by atoms with Gasteiger partial charge in [0, 0.05) is 36.7 Å². The van der Waals surface area contributed by atoms with Crippen LogP contribution in [0.2, 0.25) is 0 Å². The second-order valence-electron chi connectivity index (χ2n) is 9.26. The van der Waals surface area contributed by atoms with Gasteiger partial charge in [-0.05, 0) is 36.4 Å². The zero-order chi connectivity index (χ0) is 27.0. The van der Waals surface area contributed by atoms with Crippen LogP contribution in [0.5, 0.6) is 23.0 Å². The Kier molecular flexibility index (Phi) is 7.06. The van der Waals surface area contributed by atoms with E-state index >= 15 is 0 Å². The number of benzene rings is 3. The zero-order valence-electron chi connectivity index (χ0n) is 21.6. The molecule has 4 aromatic rings. The molecular weight excluding hydrogens is 540 g/mol. The van der Waals surface area contributed by atoms with Crippen molar-refractivity contribution in [3.63, 3.8) is 0 Å². The molecule has 0 amide bonds. The quantitative estimate of drug-likeness (QED) is 0.316. The van der Waals surface area contributed by atoms with E-state index in [-0.39, 0.29) is 36.4 Å². The number of hydrogen-bond acceptors (Lipinski definition) is 9. The van der Waals surface area contributed by atoms with Crippen LogP contribution >= 0.6 is 11.3 Å². The molecule has 11 heteroatoms. The van der Waals surface area contributed by atoms with Gasteiger partial charge in [0.1, 0.15) is 34.1 Å². The van der Waals surface area contributed by atoms with Crippen molar-refractivity contribution in [2.75, 3.05) is 40.6 Å². The van der Waals surface area contributed by atoms with Gasteiger partial charge in [0.15, 0.2) is 11.5 Å². The van der Waals surface area contributed by atoms with Crippen LogP contribution in [0.15, 0.2) is 59.5 Å². The first-order chi connectivity index (χ1) is 19.0. The van der Waals surface area contributed by atoms with Gasteiger partial charge in [-0.3, -0.25) is 0 Å². The predicted octanol–water partition coefficient (Wildman–Crippen LogP) is 4.73. The predicted molar refractivity (Wildman–Crippen MR) is 148 cm³/mol. The lowest BCUT2D eigenvalue weighted by Gasteiger charge is -2.22. The minimum atomic E-state index is -3.96. The van der Waals surface area contributed by atoms with E-state index in [1.165, 1.54) is 24.6 Å². The smallest absolute Gasteiger partial charge is 0.247 e. The summed E-state index contributed by atoms with van der Waals surface area (Å²) in [6.45, 7) is 1.54. The van der Waals surface area contributed by atoms with E-state index in [4.69, 9.17) is 28.7 Å². The Morgan fingerprint density at radius 1 is 1.03 bits per heavy atom. The van der Waals surface area contributed by atoms with Gasteiger partial charge in [-0.25, -0.2) is 13.4 Å². The second-order valence-corrected chi connectivity index (χ2v) is 12.2. The first kappa shape index (κ1) is 25.9. The highest BCUT2D eigenvalue weighted by molar-refractivity contribution is 7.89. The molecule has 0 N–H and O–H groups in total. The molecule has 0 bridgehead atoms. The van der Waals surface area contributed by atoms with Gasteiger partial charge in [-0.1, -0.05) is 12.1 Å². The number of aromatic nitrogens is 1. The monoisotopic (exact) mass is 568 g/mol. The van der Waals surface area contributed by atoms with Crippen molar-refractivity contribution in [1.29, 1.82) is 0 Å². The summed E-state index contributed by atoms with van der Waals surface area (Å²) in [5.74, 6) is 1.78. The largest absolute Gasteiger partial charge is 0.497 e. The third-order valence-corrected chi connectivity index (χ3v) is 9.73. The third-order valence-electron chi connectivity index (χ3n) is 6.78. The van der Waals surface area contributed by atoms with Gasteiger partial charge < -0.3 is 23.7 Å². The fourth-order valence-corrected chi connectivity index (χ4v) is 7.31. The molecule has 3 heterocycles. The van der Waals surface area contributed by atoms with Gasteiger partial charge in [-0.2, -0.15) is 4.31 Å². The third kappa shape index (κ3) is 5.03. The van der Waals surface area contributed by atoms with Crippen LogP contribution in [0.3, 0.4) is 0 Å². The molecule has 0 spiro atoms. The van der Waals surface area contributed by atoms with Crippen LogP contribution in [0.1, 0.15) is 12.0 Å². The number of thiazole rings is 1. The van der Waals surface area contributed by atoms with E-state index < -0.39 is 10.0 Å². The Balaban J connectivity index is 1.43. The average molecular weight is 569 g/mol. The lowest BCUT2D eigenvalue weighted by atomic mass is 10.1. The van der Waals surface area contributed by atoms with Crippen molar-refractivity contribution in [3.8, 4) is 33.6 Å². The lowest BCUT2D eigenvalue weighted by Crippen LogP contribution is -2.32. The van der Waals surface area contributed by atoms with Gasteiger partial charge >= 0.3 is 0 Å². The van der Waals surface area contributed by atoms with E-state index in [0.717, 1.165) is 27.2 Å². The minimum absolute atomic E-state index is 0.0368. The van der Waals surface area contributed by atoms with Crippen LogP contribution in [0.4, 0.5) is 0 Å². The van der Waals surface area contributed by atoms with Gasteiger partial charge in [0.05, 0.1) is 37.6 Å². The maximum atomic E-state index is 13.9. The fraction of sp³-hybridized carbons (Fsp3) is 0.321. The second kappa shape index (κ2) is 10.6. The van der Waals surface area contributed by atoms with Crippen LogP contribution in [0.25, 0.3) is 20.8 Å². The molecule has 0 radical (unpaired) electrons. The number of para-hydroxylation sites is 1. The highest BCUT2D eigenvalue weighted by Gasteiger charge is 2.33. The molecule has 39 heavy (non-hydrogen) atoms. The summed E-state index contributed by atoms with van der Waals surface area (Å²) in [5.41, 5.74) is 2.44. The standard InChI is InChI=1S/C28H28N2O7S2/c1-33-20-7-8-23(34-2)26(15-20)39(31,32)30-10-12-36-27-19(16-30)13-18(14-24(27)37-21-9-11-35-17-21)28-29-22-5-3-4-6-25(22)38-28/h3-8,13-15,21H,9-12,16-17H2,1-2H3. The zero-order valence-corrected chi connectivity index (χ0v) is 23.2. The number of methoxy groups -OCH3 is 2. The molecule has 0 saturated carbocycles. The van der Waals surface area contributed by atoms with E-state index in [0.29, 0.717) is 36.0 Å². The lowest BCUT2D eigenvalue weighted by molar-refractivity contribution is 0.137. The Labute approximate surface area is 230 Å². The molecule has 9 nitrogen and oxygen atoms in total. The molecule has 1 atom stereocenters. The molecule has 2 aliphatic rings. The molecule has 2 aliphatic heterocycles. The van der Waals surface area contributed by atoms with Gasteiger partial charge in [0.2, 0.25) is 10.0 Å². The van der Waals surface area contributed by atoms with Gasteiger partial charge in [0.25, 0.3) is 0 Å². The molecule has 3 aromatic carbocycles. The summed E-state index contributed by atoms with van der Waals surface area (Å²) in [4.78, 5) is 4.86. The van der Waals surface area contributed by atoms with E-state index in [2.05, 4.69) is 0 Å². The van der Waals surface area contributed by atoms with Crippen molar-refractivity contribution in [1.82, 2.24) is 9.29 Å².